The van der Waals surface area contributed by atoms with Gasteiger partial charge in [-0.25, -0.2) is 14.4 Å². The van der Waals surface area contributed by atoms with Gasteiger partial charge in [0, 0.05) is 25.4 Å². The quantitative estimate of drug-likeness (QED) is 0.728. The van der Waals surface area contributed by atoms with Gasteiger partial charge in [0.2, 0.25) is 0 Å². The Morgan fingerprint density at radius 2 is 1.95 bits per heavy atom. The summed E-state index contributed by atoms with van der Waals surface area (Å²) in [6, 6.07) is 9.18. The normalized spacial score (nSPS) is 11.0. The molecule has 0 bridgehead atoms. The van der Waals surface area contributed by atoms with Crippen molar-refractivity contribution in [2.45, 2.75) is 13.3 Å². The predicted octanol–water partition coefficient (Wildman–Crippen LogP) is 4.13. The second-order valence-electron chi connectivity index (χ2n) is 5.06. The largest absolute Gasteiger partial charge is 0.375 e. The summed E-state index contributed by atoms with van der Waals surface area (Å²) in [5, 5.41) is 0.801. The van der Waals surface area contributed by atoms with Crippen LogP contribution in [0.3, 0.4) is 0 Å². The Kier molecular flexibility index (Phi) is 3.59. The predicted molar refractivity (Wildman–Crippen MR) is 86.5 cm³/mol. The van der Waals surface area contributed by atoms with Crippen molar-refractivity contribution in [1.29, 1.82) is 0 Å². The van der Waals surface area contributed by atoms with Gasteiger partial charge in [0.05, 0.1) is 5.69 Å². The molecule has 108 valence electrons. The van der Waals surface area contributed by atoms with Crippen LogP contribution < -0.4 is 4.90 Å². The fourth-order valence-electron chi connectivity index (χ4n) is 2.18. The summed E-state index contributed by atoms with van der Waals surface area (Å²) in [6.45, 7) is 2.07. The molecule has 0 saturated carbocycles. The monoisotopic (exact) mass is 301 g/mol. The Labute approximate surface area is 127 Å². The lowest BCUT2D eigenvalue weighted by Crippen LogP contribution is -2.10. The number of thiazole rings is 1. The molecule has 0 aliphatic heterocycles. The number of benzene rings is 1. The Morgan fingerprint density at radius 3 is 2.62 bits per heavy atom. The zero-order valence-electron chi connectivity index (χ0n) is 12.2. The second-order valence-corrected chi connectivity index (χ2v) is 6.04. The maximum absolute atomic E-state index is 14.1. The fourth-order valence-corrected chi connectivity index (χ4v) is 3.13. The first-order chi connectivity index (χ1) is 10.1. The molecular formula is C16H16FN3S. The van der Waals surface area contributed by atoms with Crippen LogP contribution in [-0.2, 0) is 6.42 Å². The molecule has 0 unspecified atom stereocenters. The molecular weight excluding hydrogens is 285 g/mol. The van der Waals surface area contributed by atoms with Gasteiger partial charge < -0.3 is 4.90 Å². The molecule has 1 aromatic carbocycles. The smallest absolute Gasteiger partial charge is 0.147 e. The Hall–Kier alpha value is -2.01. The van der Waals surface area contributed by atoms with E-state index >= 15 is 0 Å². The molecule has 0 fully saturated rings. The maximum atomic E-state index is 14.1. The average molecular weight is 301 g/mol. The summed E-state index contributed by atoms with van der Waals surface area (Å²) in [5.74, 6) is -0.237. The molecule has 3 rings (SSSR count). The van der Waals surface area contributed by atoms with E-state index in [4.69, 9.17) is 0 Å². The van der Waals surface area contributed by atoms with E-state index in [0.29, 0.717) is 5.69 Å². The number of fused-ring (bicyclic) bond motifs is 1. The van der Waals surface area contributed by atoms with E-state index < -0.39 is 0 Å². The summed E-state index contributed by atoms with van der Waals surface area (Å²) in [4.78, 5) is 11.8. The first kappa shape index (κ1) is 13.9. The molecule has 3 aromatic rings. The van der Waals surface area contributed by atoms with Crippen LogP contribution in [0.4, 0.5) is 10.1 Å². The van der Waals surface area contributed by atoms with Crippen molar-refractivity contribution in [3.05, 3.63) is 41.8 Å². The third-order valence-corrected chi connectivity index (χ3v) is 4.37. The van der Waals surface area contributed by atoms with Gasteiger partial charge >= 0.3 is 0 Å². The summed E-state index contributed by atoms with van der Waals surface area (Å²) in [6.07, 6.45) is 0.898. The number of hydrogen-bond donors (Lipinski definition) is 0. The van der Waals surface area contributed by atoms with Crippen molar-refractivity contribution in [3.63, 3.8) is 0 Å². The maximum Gasteiger partial charge on any atom is 0.147 e. The van der Waals surface area contributed by atoms with Gasteiger partial charge in [0.25, 0.3) is 0 Å². The van der Waals surface area contributed by atoms with E-state index in [0.717, 1.165) is 33.0 Å². The number of nitrogens with zero attached hydrogens (tertiary/aromatic N) is 3. The minimum atomic E-state index is -0.237. The number of pyridine rings is 1. The zero-order chi connectivity index (χ0) is 15.0. The molecule has 0 radical (unpaired) electrons. The molecule has 3 nitrogen and oxygen atoms in total. The van der Waals surface area contributed by atoms with Crippen LogP contribution in [0.2, 0.25) is 0 Å². The first-order valence-corrected chi connectivity index (χ1v) is 7.64. The van der Waals surface area contributed by atoms with Crippen molar-refractivity contribution >= 4 is 27.4 Å². The van der Waals surface area contributed by atoms with Gasteiger partial charge in [-0.05, 0) is 36.8 Å². The second kappa shape index (κ2) is 5.41. The Morgan fingerprint density at radius 1 is 1.14 bits per heavy atom. The van der Waals surface area contributed by atoms with Crippen LogP contribution in [-0.4, -0.2) is 24.1 Å². The summed E-state index contributed by atoms with van der Waals surface area (Å²) in [7, 11) is 3.65. The molecule has 0 spiro atoms. The average Bonchev–Trinajstić information content (AvgIpc) is 2.89. The van der Waals surface area contributed by atoms with Crippen molar-refractivity contribution < 1.29 is 4.39 Å². The van der Waals surface area contributed by atoms with E-state index in [1.165, 1.54) is 17.4 Å². The molecule has 0 aliphatic rings. The topological polar surface area (TPSA) is 29.0 Å². The highest BCUT2D eigenvalue weighted by Gasteiger charge is 2.11. The van der Waals surface area contributed by atoms with Crippen molar-refractivity contribution in [1.82, 2.24) is 9.97 Å². The number of aryl methyl sites for hydroxylation is 1. The Balaban J connectivity index is 2.06. The van der Waals surface area contributed by atoms with Gasteiger partial charge in [0.15, 0.2) is 0 Å². The van der Waals surface area contributed by atoms with Gasteiger partial charge in [-0.2, -0.15) is 0 Å². The number of hydrogen-bond acceptors (Lipinski definition) is 4. The van der Waals surface area contributed by atoms with Gasteiger partial charge in [0.1, 0.15) is 21.2 Å². The van der Waals surface area contributed by atoms with E-state index in [1.54, 1.807) is 11.0 Å². The van der Waals surface area contributed by atoms with Crippen LogP contribution in [0.25, 0.3) is 20.9 Å². The van der Waals surface area contributed by atoms with E-state index in [-0.39, 0.29) is 5.82 Å². The van der Waals surface area contributed by atoms with Gasteiger partial charge in [-0.15, -0.1) is 0 Å². The molecule has 2 heterocycles. The molecule has 0 atom stereocenters. The number of halogens is 1. The molecule has 0 aliphatic carbocycles. The molecule has 5 heteroatoms. The highest BCUT2D eigenvalue weighted by Crippen LogP contribution is 2.31. The third-order valence-electron chi connectivity index (χ3n) is 3.35. The summed E-state index contributed by atoms with van der Waals surface area (Å²) < 4.78 is 14.1. The highest BCUT2D eigenvalue weighted by atomic mass is 32.1. The van der Waals surface area contributed by atoms with Crippen molar-refractivity contribution in [2.75, 3.05) is 19.0 Å². The lowest BCUT2D eigenvalue weighted by atomic mass is 10.2. The van der Waals surface area contributed by atoms with Gasteiger partial charge in [-0.1, -0.05) is 18.3 Å². The fraction of sp³-hybridized carbons (Fsp3) is 0.250. The number of aromatic nitrogens is 2. The van der Waals surface area contributed by atoms with Crippen LogP contribution in [0.1, 0.15) is 12.6 Å². The van der Waals surface area contributed by atoms with Crippen LogP contribution >= 0.6 is 11.3 Å². The van der Waals surface area contributed by atoms with Gasteiger partial charge in [-0.3, -0.25) is 0 Å². The lowest BCUT2D eigenvalue weighted by Gasteiger charge is -2.13. The summed E-state index contributed by atoms with van der Waals surface area (Å²) >= 11 is 1.50. The highest BCUT2D eigenvalue weighted by molar-refractivity contribution is 7.21. The first-order valence-electron chi connectivity index (χ1n) is 6.82. The zero-order valence-corrected chi connectivity index (χ0v) is 13.0. The Bertz CT molecular complexity index is 795. The lowest BCUT2D eigenvalue weighted by molar-refractivity contribution is 0.626. The van der Waals surface area contributed by atoms with Crippen LogP contribution in [0.15, 0.2) is 30.3 Å². The molecule has 0 N–H and O–H groups in total. The van der Waals surface area contributed by atoms with Crippen LogP contribution in [0, 0.1) is 5.82 Å². The van der Waals surface area contributed by atoms with Crippen molar-refractivity contribution in [2.24, 2.45) is 0 Å². The SMILES string of the molecule is CCc1ccc2nc(-c3ccc(N(C)C)c(F)c3)sc2n1. The van der Waals surface area contributed by atoms with Crippen molar-refractivity contribution in [3.8, 4) is 10.6 Å². The van der Waals surface area contributed by atoms with E-state index in [1.807, 2.05) is 32.3 Å². The van der Waals surface area contributed by atoms with Crippen LogP contribution in [0.5, 0.6) is 0 Å². The van der Waals surface area contributed by atoms with E-state index in [2.05, 4.69) is 16.9 Å². The third kappa shape index (κ3) is 2.61. The molecule has 2 aromatic heterocycles. The standard InChI is InChI=1S/C16H16FN3S/c1-4-11-6-7-13-16(18-11)21-15(19-13)10-5-8-14(20(2)3)12(17)9-10/h5-9H,4H2,1-3H3. The number of anilines is 1. The molecule has 21 heavy (non-hydrogen) atoms. The molecule has 0 saturated heterocycles. The minimum Gasteiger partial charge on any atom is -0.375 e. The minimum absolute atomic E-state index is 0.237. The number of rotatable bonds is 3. The summed E-state index contributed by atoms with van der Waals surface area (Å²) in [5.41, 5.74) is 3.28. The van der Waals surface area contributed by atoms with E-state index in [9.17, 15) is 4.39 Å². The molecule has 0 amide bonds.